The predicted octanol–water partition coefficient (Wildman–Crippen LogP) is -0.179. The summed E-state index contributed by atoms with van der Waals surface area (Å²) < 4.78 is 8.47. The summed E-state index contributed by atoms with van der Waals surface area (Å²) in [6.07, 6.45) is -4.55. The Kier molecular flexibility index (Phi) is 18.0. The lowest BCUT2D eigenvalue weighted by atomic mass is 10.2. The smallest absolute Gasteiger partial charge is 0.343 e. The second kappa shape index (κ2) is 17.1. The lowest BCUT2D eigenvalue weighted by Gasteiger charge is -2.09. The van der Waals surface area contributed by atoms with E-state index in [9.17, 15) is 24.0 Å². The van der Waals surface area contributed by atoms with E-state index in [1.807, 2.05) is 0 Å². The minimum Gasteiger partial charge on any atom is -0.481 e. The Hall–Kier alpha value is -3.31. The van der Waals surface area contributed by atoms with Crippen LogP contribution in [-0.2, 0) is 33.4 Å². The van der Waals surface area contributed by atoms with Gasteiger partial charge in [-0.25, -0.2) is 14.4 Å². The molecule has 0 saturated heterocycles. The molecule has 2 atom stereocenters. The average Bonchev–Trinajstić information content (AvgIpc) is 2.60. The van der Waals surface area contributed by atoms with Gasteiger partial charge in [-0.1, -0.05) is 19.2 Å². The number of carbonyl (C=O) groups is 5. The number of carboxylic acid groups (broad SMARTS) is 2. The molecule has 11 heteroatoms. The van der Waals surface area contributed by atoms with Crippen molar-refractivity contribution >= 4 is 29.8 Å². The van der Waals surface area contributed by atoms with Crippen molar-refractivity contribution in [1.29, 1.82) is 0 Å². The topological polar surface area (TPSA) is 185 Å². The van der Waals surface area contributed by atoms with Crippen molar-refractivity contribution in [3.63, 3.8) is 0 Å². The molecule has 0 spiro atoms. The molecule has 0 aliphatic rings. The number of carbonyl (C=O) groups excluding carboxylic acids is 3. The van der Waals surface area contributed by atoms with Gasteiger partial charge in [0.1, 0.15) is 6.61 Å². The standard InChI is InChI=1S/C8H10O9.C7H10O2.C2H4/c9-3(1-5(11)12)7(15)17-8(16)4(10)2-6(13)14;1-4-5-9-7(8)6(2)3;1-2/h3-4,9-10H,1-2H2,(H,11,12)(H,13,14);4H,1-2,5H2,3H3;1-2H2. The van der Waals surface area contributed by atoms with E-state index in [-0.39, 0.29) is 12.6 Å². The Bertz CT molecular complexity index is 548. The van der Waals surface area contributed by atoms with Gasteiger partial charge in [-0.3, -0.25) is 9.59 Å². The van der Waals surface area contributed by atoms with Crippen LogP contribution in [0.4, 0.5) is 0 Å². The van der Waals surface area contributed by atoms with E-state index in [1.165, 1.54) is 6.08 Å². The van der Waals surface area contributed by atoms with Gasteiger partial charge < -0.3 is 29.9 Å². The molecule has 158 valence electrons. The van der Waals surface area contributed by atoms with Crippen molar-refractivity contribution in [2.24, 2.45) is 0 Å². The molecular formula is C17H24O11. The summed E-state index contributed by atoms with van der Waals surface area (Å²) in [5.41, 5.74) is 0.414. The summed E-state index contributed by atoms with van der Waals surface area (Å²) in [6, 6.07) is 0. The molecule has 0 saturated carbocycles. The summed E-state index contributed by atoms with van der Waals surface area (Å²) in [5.74, 6) is -6.49. The molecule has 0 aliphatic carbocycles. The van der Waals surface area contributed by atoms with Gasteiger partial charge in [0.05, 0.1) is 12.8 Å². The monoisotopic (exact) mass is 404 g/mol. The number of rotatable bonds is 9. The van der Waals surface area contributed by atoms with E-state index < -0.39 is 48.9 Å². The highest BCUT2D eigenvalue weighted by Crippen LogP contribution is 2.00. The Balaban J connectivity index is -0.000000479. The van der Waals surface area contributed by atoms with Gasteiger partial charge in [-0.15, -0.1) is 13.2 Å². The first-order valence-corrected chi connectivity index (χ1v) is 7.41. The molecule has 0 amide bonds. The fraction of sp³-hybridized carbons (Fsp3) is 0.353. The molecule has 28 heavy (non-hydrogen) atoms. The van der Waals surface area contributed by atoms with E-state index in [0.29, 0.717) is 5.57 Å². The lowest BCUT2D eigenvalue weighted by Crippen LogP contribution is -2.33. The Morgan fingerprint density at radius 2 is 1.29 bits per heavy atom. The number of hydrogen-bond donors (Lipinski definition) is 4. The average molecular weight is 404 g/mol. The number of esters is 3. The van der Waals surface area contributed by atoms with Crippen molar-refractivity contribution in [2.75, 3.05) is 6.61 Å². The molecule has 11 nitrogen and oxygen atoms in total. The lowest BCUT2D eigenvalue weighted by molar-refractivity contribution is -0.174. The third-order valence-electron chi connectivity index (χ3n) is 2.16. The minimum atomic E-state index is -2.06. The van der Waals surface area contributed by atoms with Crippen molar-refractivity contribution < 1.29 is 53.9 Å². The second-order valence-electron chi connectivity index (χ2n) is 4.63. The minimum absolute atomic E-state index is 0.256. The van der Waals surface area contributed by atoms with Crippen LogP contribution in [0, 0.1) is 0 Å². The maximum absolute atomic E-state index is 10.9. The molecule has 4 N–H and O–H groups in total. The number of aliphatic carboxylic acids is 2. The van der Waals surface area contributed by atoms with E-state index in [0.717, 1.165) is 0 Å². The molecule has 0 bridgehead atoms. The summed E-state index contributed by atoms with van der Waals surface area (Å²) >= 11 is 0. The summed E-state index contributed by atoms with van der Waals surface area (Å²) in [7, 11) is 0. The van der Waals surface area contributed by atoms with Gasteiger partial charge >= 0.3 is 29.8 Å². The SMILES string of the molecule is C=C.C=CCOC(=O)C(=C)C.O=C(O)CC(O)C(=O)OC(=O)C(O)CC(=O)O. The summed E-state index contributed by atoms with van der Waals surface area (Å²) in [6.45, 7) is 14.6. The third kappa shape index (κ3) is 17.5. The van der Waals surface area contributed by atoms with Crippen LogP contribution in [0.15, 0.2) is 38.0 Å². The summed E-state index contributed by atoms with van der Waals surface area (Å²) in [5, 5.41) is 34.2. The highest BCUT2D eigenvalue weighted by atomic mass is 16.6. The fourth-order valence-electron chi connectivity index (χ4n) is 0.990. The Morgan fingerprint density at radius 3 is 1.54 bits per heavy atom. The molecule has 0 rings (SSSR count). The number of aliphatic hydroxyl groups is 2. The van der Waals surface area contributed by atoms with Crippen LogP contribution in [0.5, 0.6) is 0 Å². The van der Waals surface area contributed by atoms with Gasteiger partial charge in [0, 0.05) is 5.57 Å². The van der Waals surface area contributed by atoms with Crippen LogP contribution >= 0.6 is 0 Å². The first-order chi connectivity index (χ1) is 12.9. The van der Waals surface area contributed by atoms with Crippen molar-refractivity contribution in [3.05, 3.63) is 38.0 Å². The van der Waals surface area contributed by atoms with E-state index in [4.69, 9.17) is 20.4 Å². The molecule has 0 aromatic carbocycles. The van der Waals surface area contributed by atoms with Crippen molar-refractivity contribution in [3.8, 4) is 0 Å². The highest BCUT2D eigenvalue weighted by Gasteiger charge is 2.27. The zero-order valence-corrected chi connectivity index (χ0v) is 15.3. The quantitative estimate of drug-likeness (QED) is 0.173. The van der Waals surface area contributed by atoms with Crippen LogP contribution in [0.25, 0.3) is 0 Å². The van der Waals surface area contributed by atoms with Crippen LogP contribution in [0.1, 0.15) is 19.8 Å². The van der Waals surface area contributed by atoms with Crippen molar-refractivity contribution in [1.82, 2.24) is 0 Å². The number of hydrogen-bond acceptors (Lipinski definition) is 9. The summed E-state index contributed by atoms with van der Waals surface area (Å²) in [4.78, 5) is 52.5. The number of ether oxygens (including phenoxy) is 2. The first kappa shape index (κ1) is 29.5. The molecule has 0 fully saturated rings. The van der Waals surface area contributed by atoms with Crippen LogP contribution in [0.2, 0.25) is 0 Å². The molecular weight excluding hydrogens is 380 g/mol. The normalized spacial score (nSPS) is 11.0. The van der Waals surface area contributed by atoms with Crippen LogP contribution < -0.4 is 0 Å². The zero-order chi connectivity index (χ0) is 22.9. The number of carboxylic acids is 2. The fourth-order valence-corrected chi connectivity index (χ4v) is 0.990. The molecule has 2 unspecified atom stereocenters. The van der Waals surface area contributed by atoms with E-state index >= 15 is 0 Å². The largest absolute Gasteiger partial charge is 0.481 e. The van der Waals surface area contributed by atoms with E-state index in [1.54, 1.807) is 6.92 Å². The Morgan fingerprint density at radius 1 is 0.929 bits per heavy atom. The van der Waals surface area contributed by atoms with Gasteiger partial charge in [0.2, 0.25) is 0 Å². The van der Waals surface area contributed by atoms with Crippen LogP contribution in [-0.4, -0.2) is 69.1 Å². The molecule has 0 aromatic rings. The maximum Gasteiger partial charge on any atom is 0.343 e. The number of aliphatic hydroxyl groups excluding tert-OH is 2. The second-order valence-corrected chi connectivity index (χ2v) is 4.63. The predicted molar refractivity (Wildman–Crippen MR) is 94.8 cm³/mol. The molecule has 0 heterocycles. The molecule has 0 aromatic heterocycles. The molecule has 0 radical (unpaired) electrons. The van der Waals surface area contributed by atoms with Gasteiger partial charge in [-0.05, 0) is 6.92 Å². The van der Waals surface area contributed by atoms with E-state index in [2.05, 4.69) is 35.8 Å². The van der Waals surface area contributed by atoms with Gasteiger partial charge in [0.15, 0.2) is 12.2 Å². The third-order valence-corrected chi connectivity index (χ3v) is 2.16. The van der Waals surface area contributed by atoms with Gasteiger partial charge in [0.25, 0.3) is 0 Å². The van der Waals surface area contributed by atoms with Gasteiger partial charge in [-0.2, -0.15) is 0 Å². The molecule has 0 aliphatic heterocycles. The van der Waals surface area contributed by atoms with Crippen molar-refractivity contribution in [2.45, 2.75) is 32.0 Å². The zero-order valence-electron chi connectivity index (χ0n) is 15.3. The maximum atomic E-state index is 10.9. The Labute approximate surface area is 161 Å². The highest BCUT2D eigenvalue weighted by molar-refractivity contribution is 5.92. The first-order valence-electron chi connectivity index (χ1n) is 7.41. The van der Waals surface area contributed by atoms with Crippen LogP contribution in [0.3, 0.4) is 0 Å².